The van der Waals surface area contributed by atoms with E-state index in [0.29, 0.717) is 35.9 Å². The number of hydrogen-bond donors (Lipinski definition) is 0. The van der Waals surface area contributed by atoms with Gasteiger partial charge in [-0.15, -0.1) is 10.2 Å². The molecule has 176 valence electrons. The van der Waals surface area contributed by atoms with Gasteiger partial charge in [-0.2, -0.15) is 13.2 Å². The van der Waals surface area contributed by atoms with Gasteiger partial charge in [0.1, 0.15) is 0 Å². The van der Waals surface area contributed by atoms with Gasteiger partial charge in [0.15, 0.2) is 17.1 Å². The monoisotopic (exact) mass is 471 g/mol. The fourth-order valence-electron chi connectivity index (χ4n) is 4.14. The van der Waals surface area contributed by atoms with Crippen LogP contribution in [0.1, 0.15) is 40.8 Å². The molecule has 1 amide bonds. The molecule has 0 saturated carbocycles. The van der Waals surface area contributed by atoms with Crippen LogP contribution in [0.15, 0.2) is 57.4 Å². The predicted octanol–water partition coefficient (Wildman–Crippen LogP) is 5.53. The Morgan fingerprint density at radius 2 is 1.91 bits per heavy atom. The zero-order valence-corrected chi connectivity index (χ0v) is 18.1. The van der Waals surface area contributed by atoms with E-state index < -0.39 is 11.7 Å². The summed E-state index contributed by atoms with van der Waals surface area (Å²) in [4.78, 5) is 14.8. The number of halogens is 3. The number of nitrogens with zero attached hydrogens (tertiary/aromatic N) is 3. The predicted molar refractivity (Wildman–Crippen MR) is 115 cm³/mol. The number of alkyl halides is 3. The molecular formula is C24H20F3N3O4. The second kappa shape index (κ2) is 8.51. The molecule has 5 rings (SSSR count). The molecule has 3 heterocycles. The normalized spacial score (nSPS) is 16.7. The zero-order valence-electron chi connectivity index (χ0n) is 18.1. The first kappa shape index (κ1) is 22.0. The summed E-state index contributed by atoms with van der Waals surface area (Å²) < 4.78 is 55.2. The number of carbonyl (C=O) groups is 1. The first-order chi connectivity index (χ1) is 16.3. The maximum Gasteiger partial charge on any atom is 0.416 e. The van der Waals surface area contributed by atoms with Crippen molar-refractivity contribution in [2.24, 2.45) is 0 Å². The topological polar surface area (TPSA) is 81.6 Å². The first-order valence-electron chi connectivity index (χ1n) is 10.7. The van der Waals surface area contributed by atoms with Gasteiger partial charge in [0, 0.05) is 24.0 Å². The van der Waals surface area contributed by atoms with Crippen LogP contribution >= 0.6 is 0 Å². The van der Waals surface area contributed by atoms with E-state index in [1.165, 1.54) is 19.2 Å². The van der Waals surface area contributed by atoms with E-state index in [-0.39, 0.29) is 23.5 Å². The average Bonchev–Trinajstić information content (AvgIpc) is 3.51. The van der Waals surface area contributed by atoms with E-state index in [1.807, 2.05) is 12.1 Å². The van der Waals surface area contributed by atoms with Gasteiger partial charge in [-0.05, 0) is 49.2 Å². The maximum absolute atomic E-state index is 13.1. The Morgan fingerprint density at radius 1 is 1.12 bits per heavy atom. The van der Waals surface area contributed by atoms with E-state index in [2.05, 4.69) is 10.2 Å². The molecule has 2 aromatic carbocycles. The average molecular weight is 471 g/mol. The standard InChI is InChI=1S/C24H20F3N3O4/c1-32-18-6-2-4-15-12-19(33-20(15)18)23(31)30-11-3-5-16(13-30)22-29-28-21(34-22)14-7-9-17(10-8-14)24(25,26)27/h2,4,6-10,12,16H,3,5,11,13H2,1H3. The molecule has 0 aliphatic carbocycles. The summed E-state index contributed by atoms with van der Waals surface area (Å²) >= 11 is 0. The lowest BCUT2D eigenvalue weighted by atomic mass is 9.98. The number of furan rings is 1. The third-order valence-corrected chi connectivity index (χ3v) is 5.90. The molecule has 0 spiro atoms. The van der Waals surface area contributed by atoms with Crippen molar-refractivity contribution in [3.63, 3.8) is 0 Å². The molecule has 10 heteroatoms. The lowest BCUT2D eigenvalue weighted by Crippen LogP contribution is -2.39. The number of carbonyl (C=O) groups excluding carboxylic acids is 1. The molecule has 4 aromatic rings. The number of ether oxygens (including phenoxy) is 1. The van der Waals surface area contributed by atoms with Gasteiger partial charge in [-0.1, -0.05) is 12.1 Å². The second-order valence-electron chi connectivity index (χ2n) is 8.10. The van der Waals surface area contributed by atoms with E-state index >= 15 is 0 Å². The number of benzene rings is 2. The number of hydrogen-bond acceptors (Lipinski definition) is 6. The van der Waals surface area contributed by atoms with Crippen molar-refractivity contribution >= 4 is 16.9 Å². The number of rotatable bonds is 4. The number of para-hydroxylation sites is 1. The summed E-state index contributed by atoms with van der Waals surface area (Å²) in [6.45, 7) is 0.922. The minimum absolute atomic E-state index is 0.136. The van der Waals surface area contributed by atoms with E-state index in [1.54, 1.807) is 17.0 Å². The van der Waals surface area contributed by atoms with Crippen LogP contribution < -0.4 is 4.74 Å². The summed E-state index contributed by atoms with van der Waals surface area (Å²) in [6.07, 6.45) is -2.94. The van der Waals surface area contributed by atoms with E-state index in [0.717, 1.165) is 30.4 Å². The van der Waals surface area contributed by atoms with E-state index in [4.69, 9.17) is 13.6 Å². The summed E-state index contributed by atoms with van der Waals surface area (Å²) in [5.41, 5.74) is 0.160. The van der Waals surface area contributed by atoms with Crippen LogP contribution in [-0.2, 0) is 6.18 Å². The molecule has 0 N–H and O–H groups in total. The van der Waals surface area contributed by atoms with Crippen LogP contribution in [0, 0.1) is 0 Å². The Kier molecular flexibility index (Phi) is 5.51. The van der Waals surface area contributed by atoms with Gasteiger partial charge in [0.2, 0.25) is 11.8 Å². The van der Waals surface area contributed by atoms with Crippen molar-refractivity contribution in [3.05, 3.63) is 65.7 Å². The molecule has 1 aliphatic rings. The fourth-order valence-corrected chi connectivity index (χ4v) is 4.14. The van der Waals surface area contributed by atoms with Crippen molar-refractivity contribution in [1.29, 1.82) is 0 Å². The Hall–Kier alpha value is -3.82. The van der Waals surface area contributed by atoms with Crippen LogP contribution in [-0.4, -0.2) is 41.2 Å². The summed E-state index contributed by atoms with van der Waals surface area (Å²) in [6, 6.07) is 11.7. The van der Waals surface area contributed by atoms with Crippen LogP contribution in [0.3, 0.4) is 0 Å². The molecular weight excluding hydrogens is 451 g/mol. The Balaban J connectivity index is 1.32. The van der Waals surface area contributed by atoms with Crippen molar-refractivity contribution < 1.29 is 31.5 Å². The maximum atomic E-state index is 13.1. The number of aromatic nitrogens is 2. The van der Waals surface area contributed by atoms with Gasteiger partial charge < -0.3 is 18.5 Å². The quantitative estimate of drug-likeness (QED) is 0.389. The van der Waals surface area contributed by atoms with E-state index in [9.17, 15) is 18.0 Å². The van der Waals surface area contributed by atoms with Gasteiger partial charge in [-0.25, -0.2) is 0 Å². The second-order valence-corrected chi connectivity index (χ2v) is 8.10. The zero-order chi connectivity index (χ0) is 23.9. The minimum atomic E-state index is -4.42. The highest BCUT2D eigenvalue weighted by molar-refractivity contribution is 5.97. The number of methoxy groups -OCH3 is 1. The van der Waals surface area contributed by atoms with Crippen LogP contribution in [0.5, 0.6) is 5.75 Å². The molecule has 0 bridgehead atoms. The third-order valence-electron chi connectivity index (χ3n) is 5.90. The van der Waals surface area contributed by atoms with Crippen LogP contribution in [0.2, 0.25) is 0 Å². The van der Waals surface area contributed by atoms with Crippen molar-refractivity contribution in [2.75, 3.05) is 20.2 Å². The SMILES string of the molecule is COc1cccc2cc(C(=O)N3CCCC(c4nnc(-c5ccc(C(F)(F)F)cc5)o4)C3)oc12. The van der Waals surface area contributed by atoms with Crippen LogP contribution in [0.4, 0.5) is 13.2 Å². The molecule has 1 atom stereocenters. The van der Waals surface area contributed by atoms with Gasteiger partial charge in [0.25, 0.3) is 5.91 Å². The van der Waals surface area contributed by atoms with Crippen molar-refractivity contribution in [3.8, 4) is 17.2 Å². The number of amides is 1. The number of piperidine rings is 1. The largest absolute Gasteiger partial charge is 0.493 e. The molecule has 0 radical (unpaired) electrons. The number of fused-ring (bicyclic) bond motifs is 1. The highest BCUT2D eigenvalue weighted by atomic mass is 19.4. The molecule has 7 nitrogen and oxygen atoms in total. The Bertz CT molecular complexity index is 1330. The summed E-state index contributed by atoms with van der Waals surface area (Å²) in [5.74, 6) is 0.818. The molecule has 1 saturated heterocycles. The fraction of sp³-hybridized carbons (Fsp3) is 0.292. The lowest BCUT2D eigenvalue weighted by molar-refractivity contribution is -0.137. The first-order valence-corrected chi connectivity index (χ1v) is 10.7. The lowest BCUT2D eigenvalue weighted by Gasteiger charge is -2.30. The van der Waals surface area contributed by atoms with Crippen molar-refractivity contribution in [1.82, 2.24) is 15.1 Å². The Labute approximate surface area is 192 Å². The summed E-state index contributed by atoms with van der Waals surface area (Å²) in [7, 11) is 1.54. The number of likely N-dealkylation sites (tertiary alicyclic amines) is 1. The van der Waals surface area contributed by atoms with Crippen LogP contribution in [0.25, 0.3) is 22.4 Å². The third kappa shape index (κ3) is 4.11. The highest BCUT2D eigenvalue weighted by Crippen LogP contribution is 2.33. The molecule has 1 fully saturated rings. The van der Waals surface area contributed by atoms with Crippen molar-refractivity contribution in [2.45, 2.75) is 24.9 Å². The molecule has 2 aromatic heterocycles. The van der Waals surface area contributed by atoms with Gasteiger partial charge in [-0.3, -0.25) is 4.79 Å². The van der Waals surface area contributed by atoms with Gasteiger partial charge in [0.05, 0.1) is 18.6 Å². The highest BCUT2D eigenvalue weighted by Gasteiger charge is 2.32. The molecule has 34 heavy (non-hydrogen) atoms. The van der Waals surface area contributed by atoms with Gasteiger partial charge >= 0.3 is 6.18 Å². The smallest absolute Gasteiger partial charge is 0.416 e. The summed E-state index contributed by atoms with van der Waals surface area (Å²) in [5, 5.41) is 8.86. The minimum Gasteiger partial charge on any atom is -0.493 e. The molecule has 1 unspecified atom stereocenters. The Morgan fingerprint density at radius 3 is 2.65 bits per heavy atom. The molecule has 1 aliphatic heterocycles.